The maximum absolute atomic E-state index is 16.0. The molecule has 2 aliphatic rings. The molecule has 3 atom stereocenters. The lowest BCUT2D eigenvalue weighted by molar-refractivity contribution is -0.154. The number of pyridine rings is 1. The van der Waals surface area contributed by atoms with Gasteiger partial charge in [0.15, 0.2) is 0 Å². The van der Waals surface area contributed by atoms with Gasteiger partial charge in [0.1, 0.15) is 11.9 Å². The SMILES string of the molecule is CCn1c(-c2cccnc2[C@H](C)OC)c2c3cc(c(F)cc31)-c1csc(n1)C[C@H](N)C(=O)N1CCC[C@H](N1)C(=O)OCC(C)(C)C2. The molecule has 1 amide bonds. The average Bonchev–Trinajstić information content (AvgIpc) is 3.63. The van der Waals surface area contributed by atoms with E-state index in [2.05, 4.69) is 23.8 Å². The fourth-order valence-electron chi connectivity index (χ4n) is 6.52. The third-order valence-electron chi connectivity index (χ3n) is 8.94. The number of amides is 1. The monoisotopic (exact) mass is 648 g/mol. The van der Waals surface area contributed by atoms with Crippen molar-refractivity contribution in [2.75, 3.05) is 20.3 Å². The number of fused-ring (bicyclic) bond motifs is 6. The van der Waals surface area contributed by atoms with Crippen LogP contribution in [0.25, 0.3) is 33.4 Å². The van der Waals surface area contributed by atoms with E-state index in [-0.39, 0.29) is 25.0 Å². The van der Waals surface area contributed by atoms with Crippen LogP contribution in [-0.4, -0.2) is 63.8 Å². The lowest BCUT2D eigenvalue weighted by atomic mass is 9.84. The summed E-state index contributed by atoms with van der Waals surface area (Å²) in [5, 5.41) is 4.76. The van der Waals surface area contributed by atoms with Crippen LogP contribution >= 0.6 is 11.3 Å². The number of aryl methyl sites for hydroxylation is 1. The van der Waals surface area contributed by atoms with E-state index < -0.39 is 29.3 Å². The molecule has 3 N–H and O–H groups in total. The van der Waals surface area contributed by atoms with Gasteiger partial charge in [0.25, 0.3) is 5.91 Å². The van der Waals surface area contributed by atoms with Crippen LogP contribution in [-0.2, 0) is 38.4 Å². The first-order valence-corrected chi connectivity index (χ1v) is 16.7. The third kappa shape index (κ3) is 6.06. The molecule has 0 saturated carbocycles. The first-order chi connectivity index (χ1) is 22.0. The number of ether oxygens (including phenoxy) is 2. The number of aromatic nitrogens is 3. The van der Waals surface area contributed by atoms with Crippen molar-refractivity contribution in [1.82, 2.24) is 25.0 Å². The molecular formula is C34H41FN6O4S. The molecule has 6 rings (SSSR count). The summed E-state index contributed by atoms with van der Waals surface area (Å²) in [7, 11) is 1.66. The number of benzene rings is 1. The second-order valence-electron chi connectivity index (χ2n) is 12.9. The maximum atomic E-state index is 16.0. The number of rotatable bonds is 4. The van der Waals surface area contributed by atoms with E-state index in [0.717, 1.165) is 33.4 Å². The summed E-state index contributed by atoms with van der Waals surface area (Å²) < 4.78 is 29.8. The summed E-state index contributed by atoms with van der Waals surface area (Å²) in [5.41, 5.74) is 14.1. The number of hydrazine groups is 1. The number of halogens is 1. The molecule has 46 heavy (non-hydrogen) atoms. The van der Waals surface area contributed by atoms with Crippen molar-refractivity contribution >= 4 is 34.1 Å². The highest BCUT2D eigenvalue weighted by Gasteiger charge is 2.34. The summed E-state index contributed by atoms with van der Waals surface area (Å²) in [6.45, 7) is 9.29. The zero-order valence-electron chi connectivity index (χ0n) is 26.9. The van der Waals surface area contributed by atoms with E-state index in [9.17, 15) is 9.59 Å². The Morgan fingerprint density at radius 1 is 1.28 bits per heavy atom. The summed E-state index contributed by atoms with van der Waals surface area (Å²) in [6, 6.07) is 5.86. The minimum absolute atomic E-state index is 0.146. The van der Waals surface area contributed by atoms with E-state index in [1.807, 2.05) is 37.4 Å². The Morgan fingerprint density at radius 2 is 2.09 bits per heavy atom. The zero-order valence-corrected chi connectivity index (χ0v) is 27.7. The molecule has 0 aliphatic carbocycles. The number of hydrogen-bond acceptors (Lipinski definition) is 9. The molecule has 0 unspecified atom stereocenters. The van der Waals surface area contributed by atoms with Gasteiger partial charge in [0, 0.05) is 60.1 Å². The Labute approximate surface area is 272 Å². The summed E-state index contributed by atoms with van der Waals surface area (Å²) in [5.74, 6) is -1.12. The molecule has 6 bridgehead atoms. The second kappa shape index (κ2) is 12.8. The number of nitrogens with one attached hydrogen (secondary N) is 1. The number of carbonyl (C=O) groups excluding carboxylic acids is 2. The van der Waals surface area contributed by atoms with E-state index in [1.165, 1.54) is 16.3 Å². The summed E-state index contributed by atoms with van der Waals surface area (Å²) in [6.07, 6.45) is 3.39. The molecule has 10 nitrogen and oxygen atoms in total. The minimum Gasteiger partial charge on any atom is -0.464 e. The van der Waals surface area contributed by atoms with Crippen LogP contribution in [0.2, 0.25) is 0 Å². The maximum Gasteiger partial charge on any atom is 0.324 e. The van der Waals surface area contributed by atoms with Gasteiger partial charge in [-0.1, -0.05) is 13.8 Å². The fraction of sp³-hybridized carbons (Fsp3) is 0.471. The van der Waals surface area contributed by atoms with Crippen molar-refractivity contribution in [2.45, 2.75) is 78.1 Å². The first-order valence-electron chi connectivity index (χ1n) is 15.8. The molecule has 4 aromatic rings. The molecule has 1 saturated heterocycles. The van der Waals surface area contributed by atoms with Crippen molar-refractivity contribution in [3.8, 4) is 22.5 Å². The van der Waals surface area contributed by atoms with Crippen LogP contribution in [0.1, 0.15) is 62.9 Å². The van der Waals surface area contributed by atoms with Crippen LogP contribution in [0.4, 0.5) is 4.39 Å². The molecular weight excluding hydrogens is 607 g/mol. The Hall–Kier alpha value is -3.71. The number of carbonyl (C=O) groups is 2. The lowest BCUT2D eigenvalue weighted by Gasteiger charge is -2.34. The Bertz CT molecular complexity index is 1780. The normalized spacial score (nSPS) is 21.2. The van der Waals surface area contributed by atoms with E-state index >= 15 is 4.39 Å². The van der Waals surface area contributed by atoms with E-state index in [0.29, 0.717) is 48.6 Å². The van der Waals surface area contributed by atoms with Gasteiger partial charge in [0.2, 0.25) is 0 Å². The molecule has 0 spiro atoms. The van der Waals surface area contributed by atoms with Crippen LogP contribution in [0, 0.1) is 11.2 Å². The predicted molar refractivity (Wildman–Crippen MR) is 175 cm³/mol. The molecule has 0 radical (unpaired) electrons. The fourth-order valence-corrected chi connectivity index (χ4v) is 7.37. The van der Waals surface area contributed by atoms with Crippen molar-refractivity contribution in [2.24, 2.45) is 11.1 Å². The van der Waals surface area contributed by atoms with Crippen LogP contribution in [0.3, 0.4) is 0 Å². The van der Waals surface area contributed by atoms with Gasteiger partial charge in [-0.3, -0.25) is 19.6 Å². The van der Waals surface area contributed by atoms with Gasteiger partial charge in [0.05, 0.1) is 46.4 Å². The quantitative estimate of drug-likeness (QED) is 0.290. The zero-order chi connectivity index (χ0) is 32.7. The standard InChI is InChI=1S/C34H41FN6O4S/c1-6-40-28-14-24(35)22-13-21(28)23(31(40)20-9-7-11-37-30(20)19(2)44-5)16-34(3,4)18-45-33(43)26-10-8-12-41(39-26)32(42)25(36)15-29-38-27(22)17-46-29/h7,9,11,13-14,17,19,25-26,39H,6,8,10,12,15-16,18,36H2,1-5H3/t19-,25-,26-/m0/s1. The van der Waals surface area contributed by atoms with Gasteiger partial charge in [-0.15, -0.1) is 11.3 Å². The highest BCUT2D eigenvalue weighted by molar-refractivity contribution is 7.10. The molecule has 5 heterocycles. The smallest absolute Gasteiger partial charge is 0.324 e. The third-order valence-corrected chi connectivity index (χ3v) is 9.81. The Kier molecular flexibility index (Phi) is 8.99. The molecule has 244 valence electrons. The van der Waals surface area contributed by atoms with Gasteiger partial charge < -0.3 is 19.8 Å². The highest BCUT2D eigenvalue weighted by atomic mass is 32.1. The predicted octanol–water partition coefficient (Wildman–Crippen LogP) is 5.18. The van der Waals surface area contributed by atoms with E-state index in [4.69, 9.17) is 25.2 Å². The number of methoxy groups -OCH3 is 1. The molecule has 1 fully saturated rings. The topological polar surface area (TPSA) is 125 Å². The number of thiazole rings is 1. The van der Waals surface area contributed by atoms with Crippen LogP contribution in [0.15, 0.2) is 35.8 Å². The molecule has 12 heteroatoms. The molecule has 1 aromatic carbocycles. The van der Waals surface area contributed by atoms with Crippen molar-refractivity contribution in [1.29, 1.82) is 0 Å². The van der Waals surface area contributed by atoms with E-state index in [1.54, 1.807) is 19.4 Å². The number of nitrogens with two attached hydrogens (primary N) is 1. The van der Waals surface area contributed by atoms with Gasteiger partial charge in [-0.05, 0) is 62.9 Å². The van der Waals surface area contributed by atoms with Crippen molar-refractivity contribution < 1.29 is 23.5 Å². The van der Waals surface area contributed by atoms with Crippen LogP contribution in [0.5, 0.6) is 0 Å². The van der Waals surface area contributed by atoms with Gasteiger partial charge in [-0.2, -0.15) is 0 Å². The first kappa shape index (κ1) is 32.2. The van der Waals surface area contributed by atoms with Gasteiger partial charge in [-0.25, -0.2) is 14.8 Å². The Morgan fingerprint density at radius 3 is 2.85 bits per heavy atom. The lowest BCUT2D eigenvalue weighted by Crippen LogP contribution is -2.59. The van der Waals surface area contributed by atoms with Crippen LogP contribution < -0.4 is 11.2 Å². The number of esters is 1. The molecule has 2 aliphatic heterocycles. The average molecular weight is 649 g/mol. The second-order valence-corrected chi connectivity index (χ2v) is 13.9. The van der Waals surface area contributed by atoms with Crippen molar-refractivity contribution in [3.63, 3.8) is 0 Å². The number of nitrogens with zero attached hydrogens (tertiary/aromatic N) is 4. The number of hydrogen-bond donors (Lipinski definition) is 2. The largest absolute Gasteiger partial charge is 0.464 e. The molecule has 3 aromatic heterocycles. The number of cyclic esters (lactones) is 1. The Balaban J connectivity index is 1.56. The van der Waals surface area contributed by atoms with Gasteiger partial charge >= 0.3 is 5.97 Å². The summed E-state index contributed by atoms with van der Waals surface area (Å²) in [4.78, 5) is 36.0. The summed E-state index contributed by atoms with van der Waals surface area (Å²) >= 11 is 1.35. The van der Waals surface area contributed by atoms with Crippen molar-refractivity contribution in [3.05, 3.63) is 57.9 Å². The minimum atomic E-state index is -0.873. The highest BCUT2D eigenvalue weighted by Crippen LogP contribution is 2.42.